The molecule has 1 aromatic heterocycles. The van der Waals surface area contributed by atoms with Crippen LogP contribution in [0.4, 0.5) is 5.82 Å². The lowest BCUT2D eigenvalue weighted by Gasteiger charge is -2.40. The van der Waals surface area contributed by atoms with Gasteiger partial charge in [0.25, 0.3) is 0 Å². The zero-order valence-electron chi connectivity index (χ0n) is 12.5. The van der Waals surface area contributed by atoms with Gasteiger partial charge in [-0.15, -0.1) is 10.2 Å². The number of benzene rings is 1. The number of hydrogen-bond acceptors (Lipinski definition) is 4. The number of likely N-dealkylation sites (tertiary alicyclic amines) is 1. The summed E-state index contributed by atoms with van der Waals surface area (Å²) < 4.78 is 0. The van der Waals surface area contributed by atoms with Gasteiger partial charge in [0.15, 0.2) is 5.82 Å². The number of anilines is 1. The molecular weight excluding hydrogens is 260 g/mol. The van der Waals surface area contributed by atoms with Crippen molar-refractivity contribution in [3.8, 4) is 11.3 Å². The predicted molar refractivity (Wildman–Crippen MR) is 84.3 cm³/mol. The van der Waals surface area contributed by atoms with Crippen molar-refractivity contribution in [3.05, 3.63) is 42.0 Å². The maximum absolute atomic E-state index is 4.44. The van der Waals surface area contributed by atoms with Gasteiger partial charge in [-0.1, -0.05) is 29.8 Å². The van der Waals surface area contributed by atoms with Crippen LogP contribution in [0.1, 0.15) is 5.56 Å². The third kappa shape index (κ3) is 2.20. The molecule has 2 saturated heterocycles. The largest absolute Gasteiger partial charge is 0.353 e. The van der Waals surface area contributed by atoms with Crippen LogP contribution in [0.5, 0.6) is 0 Å². The second kappa shape index (κ2) is 4.81. The van der Waals surface area contributed by atoms with Gasteiger partial charge in [0.1, 0.15) is 0 Å². The van der Waals surface area contributed by atoms with Gasteiger partial charge in [-0.2, -0.15) is 0 Å². The number of fused-ring (bicyclic) bond motifs is 1. The molecule has 4 nitrogen and oxygen atoms in total. The van der Waals surface area contributed by atoms with Crippen LogP contribution in [0, 0.1) is 12.8 Å². The van der Waals surface area contributed by atoms with Crippen LogP contribution in [0.15, 0.2) is 36.4 Å². The molecule has 4 rings (SSSR count). The Morgan fingerprint density at radius 3 is 2.38 bits per heavy atom. The lowest BCUT2D eigenvalue weighted by molar-refractivity contribution is 0.0827. The summed E-state index contributed by atoms with van der Waals surface area (Å²) in [4.78, 5) is 4.80. The molecule has 0 spiro atoms. The molecule has 1 aromatic carbocycles. The molecule has 0 N–H and O–H groups in total. The SMILES string of the molecule is Cc1ccc(-c2ccc(N3C[C@H]4CN(C)[C@H]4C3)nn2)cc1. The van der Waals surface area contributed by atoms with Gasteiger partial charge < -0.3 is 9.80 Å². The first kappa shape index (κ1) is 12.8. The molecule has 2 aromatic rings. The Hall–Kier alpha value is -1.94. The van der Waals surface area contributed by atoms with Gasteiger partial charge in [-0.3, -0.25) is 0 Å². The Balaban J connectivity index is 1.53. The molecule has 4 heteroatoms. The van der Waals surface area contributed by atoms with E-state index in [4.69, 9.17) is 0 Å². The van der Waals surface area contributed by atoms with E-state index in [1.807, 2.05) is 0 Å². The molecule has 0 saturated carbocycles. The number of aromatic nitrogens is 2. The zero-order chi connectivity index (χ0) is 14.4. The minimum Gasteiger partial charge on any atom is -0.353 e. The first-order chi connectivity index (χ1) is 10.2. The van der Waals surface area contributed by atoms with Gasteiger partial charge in [-0.25, -0.2) is 0 Å². The molecule has 2 fully saturated rings. The van der Waals surface area contributed by atoms with Crippen LogP contribution in [-0.2, 0) is 0 Å². The minimum absolute atomic E-state index is 0.712. The van der Waals surface area contributed by atoms with E-state index in [1.54, 1.807) is 0 Å². The Kier molecular flexibility index (Phi) is 2.93. The molecule has 2 aliphatic heterocycles. The molecule has 21 heavy (non-hydrogen) atoms. The van der Waals surface area contributed by atoms with Crippen molar-refractivity contribution < 1.29 is 0 Å². The van der Waals surface area contributed by atoms with Crippen LogP contribution >= 0.6 is 0 Å². The number of rotatable bonds is 2. The predicted octanol–water partition coefficient (Wildman–Crippen LogP) is 2.20. The summed E-state index contributed by atoms with van der Waals surface area (Å²) in [5.74, 6) is 1.82. The molecule has 0 unspecified atom stereocenters. The van der Waals surface area contributed by atoms with E-state index < -0.39 is 0 Å². The van der Waals surface area contributed by atoms with Crippen LogP contribution < -0.4 is 4.90 Å². The maximum Gasteiger partial charge on any atom is 0.151 e. The second-order valence-corrected chi connectivity index (χ2v) is 6.31. The highest BCUT2D eigenvalue weighted by atomic mass is 15.3. The Bertz CT molecular complexity index is 635. The van der Waals surface area contributed by atoms with E-state index in [0.717, 1.165) is 36.1 Å². The number of nitrogens with zero attached hydrogens (tertiary/aromatic N) is 4. The van der Waals surface area contributed by atoms with Crippen molar-refractivity contribution in [2.45, 2.75) is 13.0 Å². The molecule has 0 aliphatic carbocycles. The van der Waals surface area contributed by atoms with E-state index in [-0.39, 0.29) is 0 Å². The van der Waals surface area contributed by atoms with Crippen LogP contribution in [-0.4, -0.2) is 47.8 Å². The second-order valence-electron chi connectivity index (χ2n) is 6.31. The Labute approximate surface area is 125 Å². The van der Waals surface area contributed by atoms with Crippen molar-refractivity contribution in [3.63, 3.8) is 0 Å². The third-order valence-corrected chi connectivity index (χ3v) is 4.82. The van der Waals surface area contributed by atoms with E-state index >= 15 is 0 Å². The van der Waals surface area contributed by atoms with Crippen molar-refractivity contribution >= 4 is 5.82 Å². The fraction of sp³-hybridized carbons (Fsp3) is 0.412. The van der Waals surface area contributed by atoms with Crippen molar-refractivity contribution in [2.75, 3.05) is 31.6 Å². The Morgan fingerprint density at radius 2 is 1.76 bits per heavy atom. The van der Waals surface area contributed by atoms with Gasteiger partial charge >= 0.3 is 0 Å². The number of likely N-dealkylation sites (N-methyl/N-ethyl adjacent to an activating group) is 1. The standard InChI is InChI=1S/C17H20N4/c1-12-3-5-13(6-4-12)15-7-8-17(19-18-15)21-10-14-9-20(2)16(14)11-21/h3-8,14,16H,9-11H2,1-2H3/t14-,16+/m1/s1. The van der Waals surface area contributed by atoms with E-state index in [1.165, 1.54) is 12.1 Å². The van der Waals surface area contributed by atoms with Crippen LogP contribution in [0.2, 0.25) is 0 Å². The summed E-state index contributed by atoms with van der Waals surface area (Å²) in [5.41, 5.74) is 3.33. The van der Waals surface area contributed by atoms with Crippen LogP contribution in [0.25, 0.3) is 11.3 Å². The summed E-state index contributed by atoms with van der Waals surface area (Å²) in [6.07, 6.45) is 0. The van der Waals surface area contributed by atoms with Crippen LogP contribution in [0.3, 0.4) is 0 Å². The summed E-state index contributed by atoms with van der Waals surface area (Å²) in [5, 5.41) is 8.85. The van der Waals surface area contributed by atoms with Gasteiger partial charge in [0, 0.05) is 37.2 Å². The van der Waals surface area contributed by atoms with Gasteiger partial charge in [0.05, 0.1) is 5.69 Å². The Morgan fingerprint density at radius 1 is 0.952 bits per heavy atom. The smallest absolute Gasteiger partial charge is 0.151 e. The average Bonchev–Trinajstić information content (AvgIpc) is 2.86. The summed E-state index contributed by atoms with van der Waals surface area (Å²) in [7, 11) is 2.21. The maximum atomic E-state index is 4.44. The average molecular weight is 280 g/mol. The fourth-order valence-corrected chi connectivity index (χ4v) is 3.46. The number of aryl methyl sites for hydroxylation is 1. The lowest BCUT2D eigenvalue weighted by Crippen LogP contribution is -2.52. The topological polar surface area (TPSA) is 32.3 Å². The van der Waals surface area contributed by atoms with Gasteiger partial charge in [0.2, 0.25) is 0 Å². The van der Waals surface area contributed by atoms with Crippen molar-refractivity contribution in [2.24, 2.45) is 5.92 Å². The van der Waals surface area contributed by atoms with Crippen molar-refractivity contribution in [1.29, 1.82) is 0 Å². The summed E-state index contributed by atoms with van der Waals surface area (Å²) in [6.45, 7) is 5.51. The molecule has 0 amide bonds. The summed E-state index contributed by atoms with van der Waals surface area (Å²) in [6, 6.07) is 13.3. The molecule has 2 aliphatic rings. The minimum atomic E-state index is 0.712. The summed E-state index contributed by atoms with van der Waals surface area (Å²) >= 11 is 0. The quantitative estimate of drug-likeness (QED) is 0.844. The molecule has 0 bridgehead atoms. The highest BCUT2D eigenvalue weighted by Crippen LogP contribution is 2.33. The normalized spacial score (nSPS) is 24.8. The third-order valence-electron chi connectivity index (χ3n) is 4.82. The molecule has 0 radical (unpaired) electrons. The van der Waals surface area contributed by atoms with E-state index in [2.05, 4.69) is 70.4 Å². The lowest BCUT2D eigenvalue weighted by atomic mass is 9.93. The number of hydrogen-bond donors (Lipinski definition) is 0. The van der Waals surface area contributed by atoms with E-state index in [0.29, 0.717) is 6.04 Å². The first-order valence-electron chi connectivity index (χ1n) is 7.57. The monoisotopic (exact) mass is 280 g/mol. The fourth-order valence-electron chi connectivity index (χ4n) is 3.46. The molecule has 108 valence electrons. The highest BCUT2D eigenvalue weighted by molar-refractivity contribution is 5.60. The highest BCUT2D eigenvalue weighted by Gasteiger charge is 2.43. The zero-order valence-corrected chi connectivity index (χ0v) is 12.5. The molecule has 3 heterocycles. The van der Waals surface area contributed by atoms with E-state index in [9.17, 15) is 0 Å². The molecule has 2 atom stereocenters. The molecular formula is C17H20N4. The van der Waals surface area contributed by atoms with Gasteiger partial charge in [-0.05, 0) is 26.1 Å². The van der Waals surface area contributed by atoms with Crippen molar-refractivity contribution in [1.82, 2.24) is 15.1 Å². The first-order valence-corrected chi connectivity index (χ1v) is 7.57.